The second-order valence-electron chi connectivity index (χ2n) is 5.77. The van der Waals surface area contributed by atoms with E-state index in [-0.39, 0.29) is 0 Å². The first-order valence-electron chi connectivity index (χ1n) is 7.54. The normalized spacial score (nSPS) is 24.7. The lowest BCUT2D eigenvalue weighted by molar-refractivity contribution is 0.0665. The van der Waals surface area contributed by atoms with Crippen molar-refractivity contribution in [1.82, 2.24) is 4.90 Å². The van der Waals surface area contributed by atoms with Crippen LogP contribution in [0.1, 0.15) is 58.1 Å². The van der Waals surface area contributed by atoms with Crippen LogP contribution in [0.15, 0.2) is 30.3 Å². The molecule has 18 heavy (non-hydrogen) atoms. The molecule has 1 aliphatic rings. The highest BCUT2D eigenvalue weighted by molar-refractivity contribution is 5.18. The topological polar surface area (TPSA) is 3.24 Å². The molecule has 1 heteroatoms. The van der Waals surface area contributed by atoms with Gasteiger partial charge in [-0.1, -0.05) is 57.0 Å². The van der Waals surface area contributed by atoms with Gasteiger partial charge in [-0.05, 0) is 37.8 Å². The average molecular weight is 245 g/mol. The summed E-state index contributed by atoms with van der Waals surface area (Å²) in [5.41, 5.74) is 1.47. The van der Waals surface area contributed by atoms with Crippen molar-refractivity contribution in [2.75, 3.05) is 6.54 Å². The Hall–Kier alpha value is -0.820. The van der Waals surface area contributed by atoms with Gasteiger partial charge in [-0.2, -0.15) is 0 Å². The van der Waals surface area contributed by atoms with E-state index < -0.39 is 0 Å². The zero-order chi connectivity index (χ0) is 13.0. The summed E-state index contributed by atoms with van der Waals surface area (Å²) in [5, 5.41) is 0. The van der Waals surface area contributed by atoms with Gasteiger partial charge < -0.3 is 0 Å². The van der Waals surface area contributed by atoms with Crippen LogP contribution in [0.5, 0.6) is 0 Å². The van der Waals surface area contributed by atoms with E-state index in [1.54, 1.807) is 0 Å². The number of piperidine rings is 1. The molecule has 1 nitrogen and oxygen atoms in total. The maximum absolute atomic E-state index is 2.74. The molecule has 0 amide bonds. The second kappa shape index (κ2) is 6.38. The third-order valence-electron chi connectivity index (χ3n) is 4.67. The summed E-state index contributed by atoms with van der Waals surface area (Å²) in [5.74, 6) is 0.816. The van der Waals surface area contributed by atoms with E-state index >= 15 is 0 Å². The molecule has 3 atom stereocenters. The van der Waals surface area contributed by atoms with Crippen LogP contribution >= 0.6 is 0 Å². The first-order chi connectivity index (χ1) is 8.74. The van der Waals surface area contributed by atoms with Crippen LogP contribution in [0.2, 0.25) is 0 Å². The van der Waals surface area contributed by atoms with Crippen LogP contribution in [0, 0.1) is 5.92 Å². The van der Waals surface area contributed by atoms with E-state index in [4.69, 9.17) is 0 Å². The smallest absolute Gasteiger partial charge is 0.0322 e. The Kier molecular flexibility index (Phi) is 4.82. The molecule has 1 heterocycles. The highest BCUT2D eigenvalue weighted by atomic mass is 15.2. The van der Waals surface area contributed by atoms with Crippen molar-refractivity contribution in [2.24, 2.45) is 5.92 Å². The fraction of sp³-hybridized carbons (Fsp3) is 0.647. The minimum atomic E-state index is 0.561. The molecule has 0 unspecified atom stereocenters. The van der Waals surface area contributed by atoms with Gasteiger partial charge in [0.05, 0.1) is 0 Å². The van der Waals surface area contributed by atoms with Crippen LogP contribution in [-0.4, -0.2) is 17.5 Å². The first-order valence-corrected chi connectivity index (χ1v) is 7.54. The second-order valence-corrected chi connectivity index (χ2v) is 5.77. The zero-order valence-electron chi connectivity index (χ0n) is 12.1. The van der Waals surface area contributed by atoms with E-state index in [2.05, 4.69) is 56.0 Å². The Labute approximate surface area is 112 Å². The van der Waals surface area contributed by atoms with Crippen molar-refractivity contribution in [3.05, 3.63) is 35.9 Å². The van der Waals surface area contributed by atoms with Gasteiger partial charge in [0, 0.05) is 12.1 Å². The lowest BCUT2D eigenvalue weighted by Crippen LogP contribution is -2.44. The predicted molar refractivity (Wildman–Crippen MR) is 78.7 cm³/mol. The van der Waals surface area contributed by atoms with Crippen LogP contribution in [0.25, 0.3) is 0 Å². The Morgan fingerprint density at radius 1 is 1.17 bits per heavy atom. The van der Waals surface area contributed by atoms with E-state index in [1.807, 2.05) is 0 Å². The van der Waals surface area contributed by atoms with Gasteiger partial charge in [-0.25, -0.2) is 0 Å². The fourth-order valence-electron chi connectivity index (χ4n) is 3.27. The Bertz CT molecular complexity index is 346. The van der Waals surface area contributed by atoms with Crippen molar-refractivity contribution < 1.29 is 0 Å². The monoisotopic (exact) mass is 245 g/mol. The third kappa shape index (κ3) is 2.95. The summed E-state index contributed by atoms with van der Waals surface area (Å²) in [6, 6.07) is 12.3. The van der Waals surface area contributed by atoms with Crippen molar-refractivity contribution in [2.45, 2.75) is 58.5 Å². The molecular formula is C17H27N. The van der Waals surface area contributed by atoms with Crippen molar-refractivity contribution in [3.63, 3.8) is 0 Å². The molecule has 1 aromatic rings. The number of rotatable bonds is 4. The molecule has 0 bridgehead atoms. The largest absolute Gasteiger partial charge is 0.293 e. The molecule has 0 radical (unpaired) electrons. The third-order valence-corrected chi connectivity index (χ3v) is 4.67. The highest BCUT2D eigenvalue weighted by Crippen LogP contribution is 2.32. The van der Waals surface area contributed by atoms with Crippen LogP contribution < -0.4 is 0 Å². The summed E-state index contributed by atoms with van der Waals surface area (Å²) < 4.78 is 0. The molecule has 2 rings (SSSR count). The predicted octanol–water partition coefficient (Wildman–Crippen LogP) is 4.65. The van der Waals surface area contributed by atoms with E-state index in [9.17, 15) is 0 Å². The summed E-state index contributed by atoms with van der Waals surface area (Å²) in [4.78, 5) is 2.74. The highest BCUT2D eigenvalue weighted by Gasteiger charge is 2.30. The van der Waals surface area contributed by atoms with Crippen LogP contribution in [-0.2, 0) is 0 Å². The fourth-order valence-corrected chi connectivity index (χ4v) is 3.27. The number of benzene rings is 1. The molecule has 1 saturated heterocycles. The summed E-state index contributed by atoms with van der Waals surface area (Å²) >= 11 is 0. The first kappa shape index (κ1) is 13.6. The van der Waals surface area contributed by atoms with Crippen molar-refractivity contribution in [3.8, 4) is 0 Å². The number of nitrogens with zero attached hydrogens (tertiary/aromatic N) is 1. The lowest BCUT2D eigenvalue weighted by Gasteiger charge is -2.43. The average Bonchev–Trinajstić information content (AvgIpc) is 2.46. The molecule has 0 saturated carbocycles. The zero-order valence-corrected chi connectivity index (χ0v) is 12.1. The minimum absolute atomic E-state index is 0.561. The maximum atomic E-state index is 2.74. The van der Waals surface area contributed by atoms with E-state index in [1.165, 1.54) is 37.8 Å². The van der Waals surface area contributed by atoms with Gasteiger partial charge in [-0.15, -0.1) is 0 Å². The summed E-state index contributed by atoms with van der Waals surface area (Å²) in [6.07, 6.45) is 5.45. The number of likely N-dealkylation sites (tertiary alicyclic amines) is 1. The van der Waals surface area contributed by atoms with Crippen molar-refractivity contribution in [1.29, 1.82) is 0 Å². The molecule has 100 valence electrons. The van der Waals surface area contributed by atoms with Gasteiger partial charge in [0.2, 0.25) is 0 Å². The molecule has 0 spiro atoms. The Morgan fingerprint density at radius 3 is 2.56 bits per heavy atom. The Morgan fingerprint density at radius 2 is 1.89 bits per heavy atom. The quantitative estimate of drug-likeness (QED) is 0.746. The van der Waals surface area contributed by atoms with Crippen LogP contribution in [0.3, 0.4) is 0 Å². The van der Waals surface area contributed by atoms with Gasteiger partial charge in [0.1, 0.15) is 0 Å². The maximum Gasteiger partial charge on any atom is 0.0322 e. The van der Waals surface area contributed by atoms with Crippen LogP contribution in [0.4, 0.5) is 0 Å². The molecule has 1 fully saturated rings. The summed E-state index contributed by atoms with van der Waals surface area (Å²) in [6.45, 7) is 8.38. The molecule has 0 N–H and O–H groups in total. The lowest BCUT2D eigenvalue weighted by atomic mass is 9.88. The van der Waals surface area contributed by atoms with E-state index in [0.717, 1.165) is 12.0 Å². The summed E-state index contributed by atoms with van der Waals surface area (Å²) in [7, 11) is 0. The Balaban J connectivity index is 2.13. The standard InChI is InChI=1S/C17H27N/c1-4-14(2)17-12-8-9-13-18(17)15(3)16-10-6-5-7-11-16/h5-7,10-11,14-15,17H,4,8-9,12-13H2,1-3H3/t14-,15-,17+/m0/s1. The van der Waals surface area contributed by atoms with Crippen molar-refractivity contribution >= 4 is 0 Å². The molecule has 1 aliphatic heterocycles. The molecule has 0 aliphatic carbocycles. The molecular weight excluding hydrogens is 218 g/mol. The van der Waals surface area contributed by atoms with Gasteiger partial charge in [0.15, 0.2) is 0 Å². The van der Waals surface area contributed by atoms with Gasteiger partial charge in [0.25, 0.3) is 0 Å². The number of hydrogen-bond donors (Lipinski definition) is 0. The number of hydrogen-bond acceptors (Lipinski definition) is 1. The minimum Gasteiger partial charge on any atom is -0.293 e. The molecule has 1 aromatic carbocycles. The SMILES string of the molecule is CC[C@H](C)[C@H]1CCCCN1[C@@H](C)c1ccccc1. The van der Waals surface area contributed by atoms with Gasteiger partial charge >= 0.3 is 0 Å². The van der Waals surface area contributed by atoms with E-state index in [0.29, 0.717) is 6.04 Å². The molecule has 0 aromatic heterocycles. The van der Waals surface area contributed by atoms with Gasteiger partial charge in [-0.3, -0.25) is 4.90 Å².